The second-order valence-electron chi connectivity index (χ2n) is 6.66. The highest BCUT2D eigenvalue weighted by Crippen LogP contribution is 2.09. The zero-order valence-corrected chi connectivity index (χ0v) is 20.9. The molecule has 0 spiro atoms. The minimum Gasteiger partial charge on any atom is -0.357 e. The van der Waals surface area contributed by atoms with Gasteiger partial charge >= 0.3 is 0 Å². The standard InChI is InChI=1S/C21H29N5O3S.HI/c1-3-24-21(25-13-11-16-7-9-19(10-8-16)30(22,28)29)26-14-12-17-5-4-6-18(15-17)20(27)23-2;/h4-10,15H,3,11-14H2,1-2H3,(H,23,27)(H2,22,28,29)(H2,24,25,26);1H. The van der Waals surface area contributed by atoms with Gasteiger partial charge in [0.15, 0.2) is 5.96 Å². The molecule has 5 N–H and O–H groups in total. The number of primary sulfonamides is 1. The van der Waals surface area contributed by atoms with Crippen molar-refractivity contribution in [2.75, 3.05) is 26.7 Å². The maximum Gasteiger partial charge on any atom is 0.251 e. The lowest BCUT2D eigenvalue weighted by Crippen LogP contribution is -2.38. The van der Waals surface area contributed by atoms with Crippen molar-refractivity contribution >= 4 is 45.9 Å². The third-order valence-corrected chi connectivity index (χ3v) is 5.32. The van der Waals surface area contributed by atoms with Crippen LogP contribution in [-0.4, -0.2) is 47.0 Å². The van der Waals surface area contributed by atoms with E-state index in [1.165, 1.54) is 12.1 Å². The largest absolute Gasteiger partial charge is 0.357 e. The van der Waals surface area contributed by atoms with Crippen LogP contribution in [0.25, 0.3) is 0 Å². The molecule has 0 bridgehead atoms. The topological polar surface area (TPSA) is 126 Å². The van der Waals surface area contributed by atoms with E-state index in [1.54, 1.807) is 25.2 Å². The Kier molecular flexibility index (Phi) is 11.5. The maximum absolute atomic E-state index is 11.7. The number of nitrogens with zero attached hydrogens (tertiary/aromatic N) is 1. The molecular weight excluding hydrogens is 529 g/mol. The van der Waals surface area contributed by atoms with Gasteiger partial charge in [0, 0.05) is 32.2 Å². The van der Waals surface area contributed by atoms with E-state index in [4.69, 9.17) is 5.14 Å². The van der Waals surface area contributed by atoms with Gasteiger partial charge in [0.05, 0.1) is 4.90 Å². The Morgan fingerprint density at radius 2 is 1.74 bits per heavy atom. The van der Waals surface area contributed by atoms with E-state index in [-0.39, 0.29) is 34.8 Å². The molecule has 2 rings (SSSR count). The second kappa shape index (κ2) is 13.3. The van der Waals surface area contributed by atoms with Crippen LogP contribution >= 0.6 is 24.0 Å². The van der Waals surface area contributed by atoms with E-state index in [9.17, 15) is 13.2 Å². The number of nitrogens with two attached hydrogens (primary N) is 1. The average molecular weight is 559 g/mol. The van der Waals surface area contributed by atoms with Gasteiger partial charge in [-0.15, -0.1) is 24.0 Å². The van der Waals surface area contributed by atoms with E-state index >= 15 is 0 Å². The molecule has 0 aliphatic rings. The molecule has 0 saturated heterocycles. The normalized spacial score (nSPS) is 11.4. The van der Waals surface area contributed by atoms with Crippen molar-refractivity contribution in [1.29, 1.82) is 0 Å². The molecule has 8 nitrogen and oxygen atoms in total. The molecule has 0 radical (unpaired) electrons. The molecule has 1 amide bonds. The minimum atomic E-state index is -3.67. The zero-order valence-electron chi connectivity index (χ0n) is 17.7. The van der Waals surface area contributed by atoms with E-state index < -0.39 is 10.0 Å². The van der Waals surface area contributed by atoms with Crippen LogP contribution in [0.5, 0.6) is 0 Å². The fourth-order valence-electron chi connectivity index (χ4n) is 2.82. The monoisotopic (exact) mass is 559 g/mol. The summed E-state index contributed by atoms with van der Waals surface area (Å²) in [5, 5.41) is 14.2. The summed E-state index contributed by atoms with van der Waals surface area (Å²) >= 11 is 0. The van der Waals surface area contributed by atoms with Gasteiger partial charge in [-0.3, -0.25) is 9.79 Å². The molecule has 31 heavy (non-hydrogen) atoms. The lowest BCUT2D eigenvalue weighted by molar-refractivity contribution is 0.0963. The fourth-order valence-corrected chi connectivity index (χ4v) is 3.34. The summed E-state index contributed by atoms with van der Waals surface area (Å²) in [6, 6.07) is 14.0. The molecule has 0 atom stereocenters. The number of hydrogen-bond acceptors (Lipinski definition) is 4. The first-order valence-electron chi connectivity index (χ1n) is 9.78. The van der Waals surface area contributed by atoms with Gasteiger partial charge in [-0.2, -0.15) is 0 Å². The first-order chi connectivity index (χ1) is 14.3. The number of halogens is 1. The predicted molar refractivity (Wildman–Crippen MR) is 134 cm³/mol. The highest BCUT2D eigenvalue weighted by molar-refractivity contribution is 14.0. The van der Waals surface area contributed by atoms with Crippen molar-refractivity contribution in [2.45, 2.75) is 24.7 Å². The molecular formula is C21H30IN5O3S. The lowest BCUT2D eigenvalue weighted by Gasteiger charge is -2.12. The fraction of sp³-hybridized carbons (Fsp3) is 0.333. The number of carbonyl (C=O) groups excluding carboxylic acids is 1. The Hall–Kier alpha value is -2.18. The van der Waals surface area contributed by atoms with E-state index in [0.717, 1.165) is 24.1 Å². The van der Waals surface area contributed by atoms with Crippen molar-refractivity contribution in [1.82, 2.24) is 16.0 Å². The van der Waals surface area contributed by atoms with Crippen LogP contribution in [0.4, 0.5) is 0 Å². The Bertz CT molecular complexity index is 979. The minimum absolute atomic E-state index is 0. The van der Waals surface area contributed by atoms with E-state index in [2.05, 4.69) is 20.9 Å². The number of carbonyl (C=O) groups is 1. The van der Waals surface area contributed by atoms with Crippen LogP contribution < -0.4 is 21.1 Å². The summed E-state index contributed by atoms with van der Waals surface area (Å²) < 4.78 is 22.6. The van der Waals surface area contributed by atoms with Gasteiger partial charge in [0.1, 0.15) is 0 Å². The smallest absolute Gasteiger partial charge is 0.251 e. The SMILES string of the molecule is CCNC(=NCCc1ccc(S(N)(=O)=O)cc1)NCCc1cccc(C(=O)NC)c1.I. The molecule has 0 aliphatic heterocycles. The number of guanidine groups is 1. The second-order valence-corrected chi connectivity index (χ2v) is 8.22. The quantitative estimate of drug-likeness (QED) is 0.211. The van der Waals surface area contributed by atoms with Crippen molar-refractivity contribution in [2.24, 2.45) is 10.1 Å². The molecule has 0 unspecified atom stereocenters. The molecule has 0 aliphatic carbocycles. The number of rotatable bonds is 9. The molecule has 170 valence electrons. The maximum atomic E-state index is 11.7. The molecule has 2 aromatic rings. The van der Waals surface area contributed by atoms with E-state index in [0.29, 0.717) is 31.0 Å². The Morgan fingerprint density at radius 1 is 1.03 bits per heavy atom. The number of sulfonamides is 1. The summed E-state index contributed by atoms with van der Waals surface area (Å²) in [5.74, 6) is 0.609. The van der Waals surface area contributed by atoms with Gasteiger partial charge in [-0.1, -0.05) is 24.3 Å². The van der Waals surface area contributed by atoms with Crippen molar-refractivity contribution in [3.63, 3.8) is 0 Å². The Balaban J connectivity index is 0.00000480. The van der Waals surface area contributed by atoms with Gasteiger partial charge in [-0.25, -0.2) is 13.6 Å². The highest BCUT2D eigenvalue weighted by Gasteiger charge is 2.07. The molecule has 10 heteroatoms. The Morgan fingerprint density at radius 3 is 2.35 bits per heavy atom. The summed E-state index contributed by atoms with van der Waals surface area (Å²) in [7, 11) is -2.06. The Labute approximate surface area is 201 Å². The van der Waals surface area contributed by atoms with Gasteiger partial charge in [0.2, 0.25) is 10.0 Å². The molecule has 0 heterocycles. The summed E-state index contributed by atoms with van der Waals surface area (Å²) in [6.07, 6.45) is 1.43. The lowest BCUT2D eigenvalue weighted by atomic mass is 10.1. The van der Waals surface area contributed by atoms with Crippen LogP contribution in [0.15, 0.2) is 58.4 Å². The summed E-state index contributed by atoms with van der Waals surface area (Å²) in [6.45, 7) is 3.96. The van der Waals surface area contributed by atoms with Gasteiger partial charge < -0.3 is 16.0 Å². The van der Waals surface area contributed by atoms with Crippen LogP contribution in [0.2, 0.25) is 0 Å². The number of aliphatic imine (C=N–C) groups is 1. The van der Waals surface area contributed by atoms with Gasteiger partial charge in [0.25, 0.3) is 5.91 Å². The number of amides is 1. The van der Waals surface area contributed by atoms with Crippen molar-refractivity contribution in [3.8, 4) is 0 Å². The van der Waals surface area contributed by atoms with Crippen LogP contribution in [-0.2, 0) is 22.9 Å². The van der Waals surface area contributed by atoms with Gasteiger partial charge in [-0.05, 0) is 55.2 Å². The van der Waals surface area contributed by atoms with Crippen molar-refractivity contribution in [3.05, 3.63) is 65.2 Å². The number of benzene rings is 2. The molecule has 0 fully saturated rings. The van der Waals surface area contributed by atoms with Crippen molar-refractivity contribution < 1.29 is 13.2 Å². The first kappa shape index (κ1) is 26.9. The molecule has 2 aromatic carbocycles. The zero-order chi connectivity index (χ0) is 22.0. The van der Waals surface area contributed by atoms with Crippen LogP contribution in [0, 0.1) is 0 Å². The summed E-state index contributed by atoms with van der Waals surface area (Å²) in [5.41, 5.74) is 2.69. The molecule has 0 saturated carbocycles. The number of nitrogens with one attached hydrogen (secondary N) is 3. The molecule has 0 aromatic heterocycles. The highest BCUT2D eigenvalue weighted by atomic mass is 127. The van der Waals surface area contributed by atoms with E-state index in [1.807, 2.05) is 25.1 Å². The predicted octanol–water partition coefficient (Wildman–Crippen LogP) is 1.65. The summed E-state index contributed by atoms with van der Waals surface area (Å²) in [4.78, 5) is 16.4. The van der Waals surface area contributed by atoms with Crippen LogP contribution in [0.3, 0.4) is 0 Å². The van der Waals surface area contributed by atoms with Crippen LogP contribution in [0.1, 0.15) is 28.4 Å². The first-order valence-corrected chi connectivity index (χ1v) is 11.3. The average Bonchev–Trinajstić information content (AvgIpc) is 2.73. The number of hydrogen-bond donors (Lipinski definition) is 4. The third kappa shape index (κ3) is 9.23. The third-order valence-electron chi connectivity index (χ3n) is 4.39.